The van der Waals surface area contributed by atoms with Crippen LogP contribution in [0.4, 0.5) is 0 Å². The number of hydrogen-bond acceptors (Lipinski definition) is 5. The number of aromatic nitrogens is 4. The van der Waals surface area contributed by atoms with Crippen LogP contribution in [0.25, 0.3) is 98.8 Å². The molecule has 258 valence electrons. The molecule has 0 aliphatic rings. The molecule has 4 nitrogen and oxygen atoms in total. The first kappa shape index (κ1) is 32.6. The third-order valence-corrected chi connectivity index (χ3v) is 11.2. The third-order valence-electron chi connectivity index (χ3n) is 10.0. The second-order valence-corrected chi connectivity index (χ2v) is 14.6. The monoisotopic (exact) mass is 720 g/mol. The van der Waals surface area contributed by atoms with Crippen LogP contribution >= 0.6 is 11.3 Å². The van der Waals surface area contributed by atoms with Crippen LogP contribution in [-0.2, 0) is 0 Å². The summed E-state index contributed by atoms with van der Waals surface area (Å²) in [5.74, 6) is 0.691. The second kappa shape index (κ2) is 14.0. The predicted molar refractivity (Wildman–Crippen MR) is 229 cm³/mol. The molecule has 6 aromatic carbocycles. The zero-order valence-electron chi connectivity index (χ0n) is 29.7. The molecular formula is C50H32N4S. The molecule has 0 bridgehead atoms. The Morgan fingerprint density at radius 2 is 0.818 bits per heavy atom. The van der Waals surface area contributed by atoms with E-state index in [0.29, 0.717) is 5.82 Å². The van der Waals surface area contributed by atoms with Crippen molar-refractivity contribution in [1.29, 1.82) is 0 Å². The van der Waals surface area contributed by atoms with Crippen LogP contribution in [0.3, 0.4) is 0 Å². The Labute approximate surface area is 323 Å². The van der Waals surface area contributed by atoms with Crippen molar-refractivity contribution >= 4 is 31.6 Å². The van der Waals surface area contributed by atoms with E-state index < -0.39 is 0 Å². The van der Waals surface area contributed by atoms with Crippen molar-refractivity contribution in [3.63, 3.8) is 0 Å². The van der Waals surface area contributed by atoms with Crippen LogP contribution < -0.4 is 0 Å². The van der Waals surface area contributed by atoms with E-state index in [9.17, 15) is 0 Å². The van der Waals surface area contributed by atoms with Gasteiger partial charge in [-0.1, -0.05) is 133 Å². The fourth-order valence-electron chi connectivity index (χ4n) is 7.19. The Kier molecular flexibility index (Phi) is 8.32. The average Bonchev–Trinajstić information content (AvgIpc) is 3.66. The van der Waals surface area contributed by atoms with Crippen molar-refractivity contribution in [3.05, 3.63) is 194 Å². The maximum Gasteiger partial charge on any atom is 0.160 e. The van der Waals surface area contributed by atoms with E-state index in [-0.39, 0.29) is 0 Å². The Hall–Kier alpha value is -7.08. The molecule has 0 fully saturated rings. The lowest BCUT2D eigenvalue weighted by Gasteiger charge is -2.13. The smallest absolute Gasteiger partial charge is 0.160 e. The maximum atomic E-state index is 5.40. The topological polar surface area (TPSA) is 51.6 Å². The SMILES string of the molecule is c1ccc(-c2ccc(-c3nc(-c4cc(-c5ccc(-c6ccccn6)cc5)cc(-c5ccc(-c6ccccn6)cc5)c4)nc4c3sc3ccccc34)cc2)cc1. The number of nitrogens with zero attached hydrogens (tertiary/aromatic N) is 4. The van der Waals surface area contributed by atoms with Gasteiger partial charge in [-0.05, 0) is 81.9 Å². The van der Waals surface area contributed by atoms with Gasteiger partial charge in [0, 0.05) is 44.7 Å². The summed E-state index contributed by atoms with van der Waals surface area (Å²) in [6, 6.07) is 63.7. The highest BCUT2D eigenvalue weighted by atomic mass is 32.1. The molecule has 4 aromatic heterocycles. The first-order valence-electron chi connectivity index (χ1n) is 18.3. The van der Waals surface area contributed by atoms with Crippen molar-refractivity contribution in [3.8, 4) is 78.5 Å². The summed E-state index contributed by atoms with van der Waals surface area (Å²) < 4.78 is 2.28. The first-order chi connectivity index (χ1) is 27.2. The molecule has 0 saturated heterocycles. The lowest BCUT2D eigenvalue weighted by Crippen LogP contribution is -1.95. The molecule has 4 heterocycles. The highest BCUT2D eigenvalue weighted by Crippen LogP contribution is 2.41. The molecule has 0 amide bonds. The van der Waals surface area contributed by atoms with Gasteiger partial charge in [0.1, 0.15) is 0 Å². The van der Waals surface area contributed by atoms with Gasteiger partial charge in [0.05, 0.1) is 27.3 Å². The van der Waals surface area contributed by atoms with Gasteiger partial charge in [-0.3, -0.25) is 9.97 Å². The van der Waals surface area contributed by atoms with Gasteiger partial charge >= 0.3 is 0 Å². The number of rotatable bonds is 7. The van der Waals surface area contributed by atoms with Crippen LogP contribution in [0.1, 0.15) is 0 Å². The summed E-state index contributed by atoms with van der Waals surface area (Å²) >= 11 is 1.75. The highest BCUT2D eigenvalue weighted by Gasteiger charge is 2.18. The second-order valence-electron chi connectivity index (χ2n) is 13.5. The van der Waals surface area contributed by atoms with Crippen LogP contribution in [0.15, 0.2) is 194 Å². The fraction of sp³-hybridized carbons (Fsp3) is 0. The van der Waals surface area contributed by atoms with Crippen LogP contribution in [0.2, 0.25) is 0 Å². The molecule has 0 atom stereocenters. The largest absolute Gasteiger partial charge is 0.256 e. The van der Waals surface area contributed by atoms with E-state index in [1.807, 2.05) is 54.9 Å². The molecule has 10 aromatic rings. The van der Waals surface area contributed by atoms with Crippen molar-refractivity contribution < 1.29 is 0 Å². The molecule has 0 spiro atoms. The quantitative estimate of drug-likeness (QED) is 0.164. The first-order valence-corrected chi connectivity index (χ1v) is 19.1. The molecule has 0 aliphatic carbocycles. The van der Waals surface area contributed by atoms with Gasteiger partial charge in [0.15, 0.2) is 5.82 Å². The van der Waals surface area contributed by atoms with Crippen molar-refractivity contribution in [1.82, 2.24) is 19.9 Å². The van der Waals surface area contributed by atoms with Crippen molar-refractivity contribution in [2.24, 2.45) is 0 Å². The average molecular weight is 721 g/mol. The highest BCUT2D eigenvalue weighted by molar-refractivity contribution is 7.26. The summed E-state index contributed by atoms with van der Waals surface area (Å²) in [6.45, 7) is 0. The Morgan fingerprint density at radius 1 is 0.345 bits per heavy atom. The molecule has 5 heteroatoms. The minimum atomic E-state index is 0.691. The van der Waals surface area contributed by atoms with E-state index in [2.05, 4.69) is 149 Å². The molecule has 0 N–H and O–H groups in total. The van der Waals surface area contributed by atoms with E-state index in [1.54, 1.807) is 11.3 Å². The third kappa shape index (κ3) is 6.37. The van der Waals surface area contributed by atoms with E-state index >= 15 is 0 Å². The fourth-order valence-corrected chi connectivity index (χ4v) is 8.34. The Bertz CT molecular complexity index is 2820. The van der Waals surface area contributed by atoms with Crippen molar-refractivity contribution in [2.75, 3.05) is 0 Å². The number of hydrogen-bond donors (Lipinski definition) is 0. The standard InChI is InChI=1S/C50H32N4S/c1-2-10-33(11-3-1)34-20-26-39(27-21-34)47-49-48(43-12-4-5-15-46(43)55-49)54-50(53-47)42-31-40(35-16-22-37(23-17-35)44-13-6-8-28-51-44)30-41(32-42)36-18-24-38(25-19-36)45-14-7-9-29-52-45/h1-32H. The molecule has 0 unspecified atom stereocenters. The zero-order valence-corrected chi connectivity index (χ0v) is 30.5. The summed E-state index contributed by atoms with van der Waals surface area (Å²) in [4.78, 5) is 19.9. The maximum absolute atomic E-state index is 5.40. The minimum Gasteiger partial charge on any atom is -0.256 e. The molecule has 10 rings (SSSR count). The van der Waals surface area contributed by atoms with E-state index in [0.717, 1.165) is 77.2 Å². The summed E-state index contributed by atoms with van der Waals surface area (Å²) in [7, 11) is 0. The van der Waals surface area contributed by atoms with Crippen LogP contribution in [0, 0.1) is 0 Å². The molecular weight excluding hydrogens is 689 g/mol. The lowest BCUT2D eigenvalue weighted by atomic mass is 9.94. The summed E-state index contributed by atoms with van der Waals surface area (Å²) in [5.41, 5.74) is 14.7. The van der Waals surface area contributed by atoms with Gasteiger partial charge in [-0.15, -0.1) is 11.3 Å². The van der Waals surface area contributed by atoms with Gasteiger partial charge in [0.25, 0.3) is 0 Å². The molecule has 55 heavy (non-hydrogen) atoms. The normalized spacial score (nSPS) is 11.3. The summed E-state index contributed by atoms with van der Waals surface area (Å²) in [6.07, 6.45) is 3.66. The predicted octanol–water partition coefficient (Wildman–Crippen LogP) is 13.3. The van der Waals surface area contributed by atoms with Crippen LogP contribution in [-0.4, -0.2) is 19.9 Å². The van der Waals surface area contributed by atoms with Gasteiger partial charge < -0.3 is 0 Å². The number of fused-ring (bicyclic) bond motifs is 3. The van der Waals surface area contributed by atoms with E-state index in [4.69, 9.17) is 9.97 Å². The van der Waals surface area contributed by atoms with Gasteiger partial charge in [-0.25, -0.2) is 9.97 Å². The molecule has 0 radical (unpaired) electrons. The number of benzene rings is 6. The Balaban J connectivity index is 1.14. The van der Waals surface area contributed by atoms with Gasteiger partial charge in [0.2, 0.25) is 0 Å². The lowest BCUT2D eigenvalue weighted by molar-refractivity contribution is 1.24. The number of pyridine rings is 2. The van der Waals surface area contributed by atoms with E-state index in [1.165, 1.54) is 15.8 Å². The molecule has 0 saturated carbocycles. The zero-order chi connectivity index (χ0) is 36.6. The van der Waals surface area contributed by atoms with Gasteiger partial charge in [-0.2, -0.15) is 0 Å². The Morgan fingerprint density at radius 3 is 1.40 bits per heavy atom. The summed E-state index contributed by atoms with van der Waals surface area (Å²) in [5, 5.41) is 1.14. The number of thiophene rings is 1. The minimum absolute atomic E-state index is 0.691. The van der Waals surface area contributed by atoms with Crippen LogP contribution in [0.5, 0.6) is 0 Å². The van der Waals surface area contributed by atoms with Crippen molar-refractivity contribution in [2.45, 2.75) is 0 Å². The molecule has 0 aliphatic heterocycles.